The molecule has 26 heavy (non-hydrogen) atoms. The van der Waals surface area contributed by atoms with Gasteiger partial charge in [0.2, 0.25) is 5.88 Å². The Labute approximate surface area is 151 Å². The van der Waals surface area contributed by atoms with E-state index in [1.807, 2.05) is 18.2 Å². The maximum atomic E-state index is 5.79. The maximum absolute atomic E-state index is 5.79. The van der Waals surface area contributed by atoms with Gasteiger partial charge in [-0.3, -0.25) is 4.90 Å². The van der Waals surface area contributed by atoms with Crippen molar-refractivity contribution in [2.75, 3.05) is 4.90 Å². The van der Waals surface area contributed by atoms with Gasteiger partial charge >= 0.3 is 0 Å². The smallest absolute Gasteiger partial charge is 0.204 e. The summed E-state index contributed by atoms with van der Waals surface area (Å²) >= 11 is 0. The zero-order chi connectivity index (χ0) is 17.3. The highest BCUT2D eigenvalue weighted by molar-refractivity contribution is 6.14. The van der Waals surface area contributed by atoms with Gasteiger partial charge in [0.05, 0.1) is 12.0 Å². The first kappa shape index (κ1) is 14.8. The van der Waals surface area contributed by atoms with E-state index in [-0.39, 0.29) is 0 Å². The molecule has 0 saturated heterocycles. The molecule has 2 heteroatoms. The standard InChI is InChI=1S/C24H17NO/c1-2-10-19(11-3-1)25(24-15-8-16-26-24)23-17-18-9-4-5-12-20(18)21-13-6-7-14-22(21)23/h1-17H. The molecule has 0 bridgehead atoms. The van der Waals surface area contributed by atoms with E-state index in [1.54, 1.807) is 6.26 Å². The summed E-state index contributed by atoms with van der Waals surface area (Å²) in [6.07, 6.45) is 1.72. The van der Waals surface area contributed by atoms with Crippen LogP contribution in [0.1, 0.15) is 0 Å². The fourth-order valence-electron chi connectivity index (χ4n) is 3.58. The molecular formula is C24H17NO. The highest BCUT2D eigenvalue weighted by Gasteiger charge is 2.18. The number of nitrogens with zero attached hydrogens (tertiary/aromatic N) is 1. The normalized spacial score (nSPS) is 11.1. The second kappa shape index (κ2) is 6.08. The Bertz CT molecular complexity index is 1180. The molecule has 0 atom stereocenters. The van der Waals surface area contributed by atoms with Crippen molar-refractivity contribution in [1.82, 2.24) is 0 Å². The van der Waals surface area contributed by atoms with Crippen molar-refractivity contribution in [3.8, 4) is 0 Å². The molecule has 4 aromatic carbocycles. The molecule has 1 aromatic heterocycles. The lowest BCUT2D eigenvalue weighted by atomic mass is 9.99. The summed E-state index contributed by atoms with van der Waals surface area (Å²) in [5.41, 5.74) is 2.18. The molecule has 0 radical (unpaired) electrons. The average Bonchev–Trinajstić information content (AvgIpc) is 3.23. The van der Waals surface area contributed by atoms with Gasteiger partial charge in [0.1, 0.15) is 0 Å². The van der Waals surface area contributed by atoms with Crippen molar-refractivity contribution in [2.24, 2.45) is 0 Å². The van der Waals surface area contributed by atoms with Gasteiger partial charge in [-0.2, -0.15) is 0 Å². The summed E-state index contributed by atoms with van der Waals surface area (Å²) < 4.78 is 5.79. The van der Waals surface area contributed by atoms with Crippen LogP contribution in [-0.2, 0) is 0 Å². The summed E-state index contributed by atoms with van der Waals surface area (Å²) in [7, 11) is 0. The average molecular weight is 335 g/mol. The number of benzene rings is 4. The fourth-order valence-corrected chi connectivity index (χ4v) is 3.58. The molecule has 0 fully saturated rings. The molecular weight excluding hydrogens is 318 g/mol. The van der Waals surface area contributed by atoms with Crippen molar-refractivity contribution < 1.29 is 4.42 Å². The fraction of sp³-hybridized carbons (Fsp3) is 0. The minimum absolute atomic E-state index is 0.802. The Morgan fingerprint density at radius 3 is 2.04 bits per heavy atom. The van der Waals surface area contributed by atoms with Gasteiger partial charge in [-0.1, -0.05) is 66.7 Å². The van der Waals surface area contributed by atoms with Crippen LogP contribution in [-0.4, -0.2) is 0 Å². The van der Waals surface area contributed by atoms with E-state index >= 15 is 0 Å². The first-order valence-electron chi connectivity index (χ1n) is 8.71. The van der Waals surface area contributed by atoms with Crippen molar-refractivity contribution in [2.45, 2.75) is 0 Å². The second-order valence-electron chi connectivity index (χ2n) is 6.28. The summed E-state index contributed by atoms with van der Waals surface area (Å²) in [5, 5.41) is 4.92. The molecule has 2 nitrogen and oxygen atoms in total. The molecule has 0 aliphatic heterocycles. The number of fused-ring (bicyclic) bond motifs is 3. The van der Waals surface area contributed by atoms with Gasteiger partial charge in [0.25, 0.3) is 0 Å². The Morgan fingerprint density at radius 2 is 1.27 bits per heavy atom. The van der Waals surface area contributed by atoms with Gasteiger partial charge in [0.15, 0.2) is 0 Å². The molecule has 0 aliphatic carbocycles. The third kappa shape index (κ3) is 2.35. The van der Waals surface area contributed by atoms with Crippen LogP contribution in [0.15, 0.2) is 108 Å². The first-order chi connectivity index (χ1) is 12.9. The first-order valence-corrected chi connectivity index (χ1v) is 8.71. The number of furan rings is 1. The summed E-state index contributed by atoms with van der Waals surface area (Å²) in [4.78, 5) is 2.18. The second-order valence-corrected chi connectivity index (χ2v) is 6.28. The van der Waals surface area contributed by atoms with Crippen LogP contribution in [0, 0.1) is 0 Å². The topological polar surface area (TPSA) is 16.4 Å². The molecule has 0 aliphatic rings. The van der Waals surface area contributed by atoms with E-state index in [2.05, 4.69) is 83.8 Å². The zero-order valence-corrected chi connectivity index (χ0v) is 14.2. The van der Waals surface area contributed by atoms with Crippen molar-refractivity contribution in [3.63, 3.8) is 0 Å². The van der Waals surface area contributed by atoms with E-state index in [1.165, 1.54) is 21.5 Å². The number of hydrogen-bond acceptors (Lipinski definition) is 2. The van der Waals surface area contributed by atoms with Crippen molar-refractivity contribution in [3.05, 3.63) is 103 Å². The Morgan fingerprint density at radius 1 is 0.577 bits per heavy atom. The maximum Gasteiger partial charge on any atom is 0.204 e. The SMILES string of the molecule is c1ccc(N(c2ccco2)c2cc3ccccc3c3ccccc23)cc1. The van der Waals surface area contributed by atoms with Gasteiger partial charge in [-0.15, -0.1) is 0 Å². The van der Waals surface area contributed by atoms with E-state index in [0.29, 0.717) is 0 Å². The molecule has 0 saturated carbocycles. The van der Waals surface area contributed by atoms with Crippen LogP contribution in [0.2, 0.25) is 0 Å². The lowest BCUT2D eigenvalue weighted by Gasteiger charge is -2.24. The van der Waals surface area contributed by atoms with Gasteiger partial charge in [-0.05, 0) is 40.4 Å². The molecule has 0 unspecified atom stereocenters. The monoisotopic (exact) mass is 335 g/mol. The van der Waals surface area contributed by atoms with Crippen LogP contribution < -0.4 is 4.90 Å². The minimum Gasteiger partial charge on any atom is -0.448 e. The summed E-state index contributed by atoms with van der Waals surface area (Å²) in [6.45, 7) is 0. The molecule has 0 spiro atoms. The Kier molecular flexibility index (Phi) is 3.46. The zero-order valence-electron chi connectivity index (χ0n) is 14.2. The van der Waals surface area contributed by atoms with E-state index in [0.717, 1.165) is 17.3 Å². The van der Waals surface area contributed by atoms with E-state index < -0.39 is 0 Å². The van der Waals surface area contributed by atoms with Crippen LogP contribution in [0.3, 0.4) is 0 Å². The molecule has 5 aromatic rings. The molecule has 0 amide bonds. The molecule has 124 valence electrons. The minimum atomic E-state index is 0.802. The van der Waals surface area contributed by atoms with Crippen LogP contribution >= 0.6 is 0 Å². The third-order valence-corrected chi connectivity index (χ3v) is 4.73. The molecule has 0 N–H and O–H groups in total. The predicted octanol–water partition coefficient (Wildman–Crippen LogP) is 7.06. The number of para-hydroxylation sites is 1. The van der Waals surface area contributed by atoms with Crippen LogP contribution in [0.25, 0.3) is 21.5 Å². The summed E-state index contributed by atoms with van der Waals surface area (Å²) in [5.74, 6) is 0.802. The highest BCUT2D eigenvalue weighted by atomic mass is 16.3. The van der Waals surface area contributed by atoms with Gasteiger partial charge < -0.3 is 4.42 Å². The molecule has 1 heterocycles. The highest BCUT2D eigenvalue weighted by Crippen LogP contribution is 2.41. The Hall–Kier alpha value is -3.52. The van der Waals surface area contributed by atoms with E-state index in [9.17, 15) is 0 Å². The van der Waals surface area contributed by atoms with E-state index in [4.69, 9.17) is 4.42 Å². The number of rotatable bonds is 3. The number of anilines is 3. The largest absolute Gasteiger partial charge is 0.448 e. The summed E-state index contributed by atoms with van der Waals surface area (Å²) in [6, 6.07) is 33.6. The van der Waals surface area contributed by atoms with Crippen molar-refractivity contribution >= 4 is 38.8 Å². The molecule has 5 rings (SSSR count). The van der Waals surface area contributed by atoms with Gasteiger partial charge in [0, 0.05) is 17.1 Å². The lowest BCUT2D eigenvalue weighted by Crippen LogP contribution is -2.09. The Balaban J connectivity index is 1.88. The van der Waals surface area contributed by atoms with Crippen LogP contribution in [0.4, 0.5) is 17.3 Å². The quantitative estimate of drug-likeness (QED) is 0.328. The van der Waals surface area contributed by atoms with Crippen molar-refractivity contribution in [1.29, 1.82) is 0 Å². The number of hydrogen-bond donors (Lipinski definition) is 0. The lowest BCUT2D eigenvalue weighted by molar-refractivity contribution is 0.574. The van der Waals surface area contributed by atoms with Gasteiger partial charge in [-0.25, -0.2) is 0 Å². The third-order valence-electron chi connectivity index (χ3n) is 4.73. The predicted molar refractivity (Wildman–Crippen MR) is 108 cm³/mol. The van der Waals surface area contributed by atoms with Crippen LogP contribution in [0.5, 0.6) is 0 Å².